The molecule has 0 aromatic heterocycles. The van der Waals surface area contributed by atoms with Gasteiger partial charge in [0.2, 0.25) is 0 Å². The van der Waals surface area contributed by atoms with E-state index in [1.54, 1.807) is 0 Å². The molecule has 0 radical (unpaired) electrons. The van der Waals surface area contributed by atoms with E-state index in [2.05, 4.69) is 37.0 Å². The Morgan fingerprint density at radius 2 is 2.33 bits per heavy atom. The van der Waals surface area contributed by atoms with Crippen molar-refractivity contribution in [2.24, 2.45) is 0 Å². The predicted molar refractivity (Wildman–Crippen MR) is 68.4 cm³/mol. The second kappa shape index (κ2) is 4.42. The molecular formula is C13H17NS. The number of hydrogen-bond acceptors (Lipinski definition) is 2. The van der Waals surface area contributed by atoms with Crippen LogP contribution in [-0.2, 0) is 6.42 Å². The molecule has 0 spiro atoms. The first-order valence-corrected chi connectivity index (χ1v) is 6.33. The highest BCUT2D eigenvalue weighted by atomic mass is 32.2. The SMILES string of the molecule is C=C(c1ccc2c(c1)SCC2)C(C)NC. The van der Waals surface area contributed by atoms with Crippen molar-refractivity contribution >= 4 is 17.3 Å². The lowest BCUT2D eigenvalue weighted by Crippen LogP contribution is -2.22. The standard InChI is InChI=1S/C13H17NS/c1-9(10(2)14-3)12-5-4-11-6-7-15-13(11)8-12/h4-5,8,10,14H,1,6-7H2,2-3H3. The Kier molecular flexibility index (Phi) is 3.17. The molecule has 2 rings (SSSR count). The molecule has 1 aliphatic heterocycles. The molecule has 1 aromatic rings. The molecule has 0 bridgehead atoms. The van der Waals surface area contributed by atoms with Crippen molar-refractivity contribution in [2.45, 2.75) is 24.3 Å². The molecule has 1 unspecified atom stereocenters. The first-order valence-electron chi connectivity index (χ1n) is 5.34. The Labute approximate surface area is 96.0 Å². The van der Waals surface area contributed by atoms with E-state index < -0.39 is 0 Å². The fraction of sp³-hybridized carbons (Fsp3) is 0.385. The molecular weight excluding hydrogens is 202 g/mol. The fourth-order valence-electron chi connectivity index (χ4n) is 1.79. The van der Waals surface area contributed by atoms with Crippen LogP contribution in [0.15, 0.2) is 29.7 Å². The molecule has 1 N–H and O–H groups in total. The summed E-state index contributed by atoms with van der Waals surface area (Å²) in [5, 5.41) is 3.22. The van der Waals surface area contributed by atoms with E-state index in [1.807, 2.05) is 18.8 Å². The lowest BCUT2D eigenvalue weighted by molar-refractivity contribution is 0.745. The fourth-order valence-corrected chi connectivity index (χ4v) is 2.90. The van der Waals surface area contributed by atoms with Crippen LogP contribution in [0, 0.1) is 0 Å². The van der Waals surface area contributed by atoms with Gasteiger partial charge in [-0.2, -0.15) is 0 Å². The topological polar surface area (TPSA) is 12.0 Å². The van der Waals surface area contributed by atoms with Crippen LogP contribution >= 0.6 is 11.8 Å². The van der Waals surface area contributed by atoms with Crippen LogP contribution in [0.3, 0.4) is 0 Å². The zero-order valence-electron chi connectivity index (χ0n) is 9.34. The zero-order valence-corrected chi connectivity index (χ0v) is 10.2. The van der Waals surface area contributed by atoms with Gasteiger partial charge in [-0.15, -0.1) is 11.8 Å². The van der Waals surface area contributed by atoms with Crippen LogP contribution in [0.4, 0.5) is 0 Å². The van der Waals surface area contributed by atoms with Crippen molar-refractivity contribution in [3.8, 4) is 0 Å². The van der Waals surface area contributed by atoms with Crippen molar-refractivity contribution in [2.75, 3.05) is 12.8 Å². The van der Waals surface area contributed by atoms with Gasteiger partial charge in [0, 0.05) is 16.7 Å². The number of rotatable bonds is 3. The molecule has 15 heavy (non-hydrogen) atoms. The van der Waals surface area contributed by atoms with E-state index in [0.717, 1.165) is 0 Å². The Bertz CT molecular complexity index is 384. The molecule has 0 amide bonds. The minimum Gasteiger partial charge on any atom is -0.313 e. The third kappa shape index (κ3) is 2.11. The summed E-state index contributed by atoms with van der Waals surface area (Å²) in [5.41, 5.74) is 3.94. The lowest BCUT2D eigenvalue weighted by atomic mass is 10.00. The summed E-state index contributed by atoms with van der Waals surface area (Å²) in [4.78, 5) is 1.44. The Morgan fingerprint density at radius 1 is 1.53 bits per heavy atom. The normalized spacial score (nSPS) is 16.1. The summed E-state index contributed by atoms with van der Waals surface area (Å²) in [5.74, 6) is 1.23. The van der Waals surface area contributed by atoms with Crippen molar-refractivity contribution < 1.29 is 0 Å². The van der Waals surface area contributed by atoms with E-state index >= 15 is 0 Å². The number of likely N-dealkylation sites (N-methyl/N-ethyl adjacent to an activating group) is 1. The van der Waals surface area contributed by atoms with Gasteiger partial charge in [0.1, 0.15) is 0 Å². The highest BCUT2D eigenvalue weighted by Crippen LogP contribution is 2.33. The summed E-state index contributed by atoms with van der Waals surface area (Å²) in [6, 6.07) is 7.07. The predicted octanol–water partition coefficient (Wildman–Crippen LogP) is 2.96. The van der Waals surface area contributed by atoms with Crippen LogP contribution in [0.1, 0.15) is 18.1 Å². The minimum absolute atomic E-state index is 0.342. The van der Waals surface area contributed by atoms with Gasteiger partial charge in [0.15, 0.2) is 0 Å². The van der Waals surface area contributed by atoms with E-state index in [-0.39, 0.29) is 0 Å². The van der Waals surface area contributed by atoms with Crippen molar-refractivity contribution in [1.82, 2.24) is 5.32 Å². The van der Waals surface area contributed by atoms with Crippen LogP contribution in [-0.4, -0.2) is 18.8 Å². The van der Waals surface area contributed by atoms with Gasteiger partial charge < -0.3 is 5.32 Å². The number of aryl methyl sites for hydroxylation is 1. The molecule has 0 fully saturated rings. The van der Waals surface area contributed by atoms with Crippen molar-refractivity contribution in [3.63, 3.8) is 0 Å². The Balaban J connectivity index is 2.26. The van der Waals surface area contributed by atoms with Gasteiger partial charge in [0.05, 0.1) is 0 Å². The second-order valence-electron chi connectivity index (χ2n) is 3.96. The lowest BCUT2D eigenvalue weighted by Gasteiger charge is -2.14. The molecule has 0 aliphatic carbocycles. The van der Waals surface area contributed by atoms with Gasteiger partial charge in [-0.05, 0) is 43.2 Å². The van der Waals surface area contributed by atoms with Crippen LogP contribution in [0.2, 0.25) is 0 Å². The highest BCUT2D eigenvalue weighted by Gasteiger charge is 2.13. The monoisotopic (exact) mass is 219 g/mol. The largest absolute Gasteiger partial charge is 0.313 e. The van der Waals surface area contributed by atoms with Crippen molar-refractivity contribution in [3.05, 3.63) is 35.9 Å². The van der Waals surface area contributed by atoms with Crippen LogP contribution in [0.25, 0.3) is 5.57 Å². The average Bonchev–Trinajstić information content (AvgIpc) is 2.73. The summed E-state index contributed by atoms with van der Waals surface area (Å²) in [6.07, 6.45) is 1.22. The maximum Gasteiger partial charge on any atom is 0.0289 e. The van der Waals surface area contributed by atoms with Gasteiger partial charge in [0.25, 0.3) is 0 Å². The molecule has 1 heterocycles. The van der Waals surface area contributed by atoms with Crippen LogP contribution < -0.4 is 5.32 Å². The first kappa shape index (κ1) is 10.8. The summed E-state index contributed by atoms with van der Waals surface area (Å²) < 4.78 is 0. The average molecular weight is 219 g/mol. The van der Waals surface area contributed by atoms with Crippen LogP contribution in [0.5, 0.6) is 0 Å². The van der Waals surface area contributed by atoms with E-state index in [0.29, 0.717) is 6.04 Å². The van der Waals surface area contributed by atoms with Crippen molar-refractivity contribution in [1.29, 1.82) is 0 Å². The maximum absolute atomic E-state index is 4.15. The third-order valence-corrected chi connectivity index (χ3v) is 4.12. The Hall–Kier alpha value is -0.730. The third-order valence-electron chi connectivity index (χ3n) is 3.02. The number of fused-ring (bicyclic) bond motifs is 1. The smallest absolute Gasteiger partial charge is 0.0289 e. The quantitative estimate of drug-likeness (QED) is 0.839. The first-order chi connectivity index (χ1) is 7.22. The molecule has 0 saturated heterocycles. The van der Waals surface area contributed by atoms with E-state index in [4.69, 9.17) is 0 Å². The van der Waals surface area contributed by atoms with Gasteiger partial charge in [-0.25, -0.2) is 0 Å². The number of benzene rings is 1. The van der Waals surface area contributed by atoms with Gasteiger partial charge in [-0.3, -0.25) is 0 Å². The zero-order chi connectivity index (χ0) is 10.8. The Morgan fingerprint density at radius 3 is 3.07 bits per heavy atom. The van der Waals surface area contributed by atoms with E-state index in [9.17, 15) is 0 Å². The highest BCUT2D eigenvalue weighted by molar-refractivity contribution is 7.99. The second-order valence-corrected chi connectivity index (χ2v) is 5.09. The molecule has 1 nitrogen and oxygen atoms in total. The maximum atomic E-state index is 4.15. The molecule has 1 aliphatic rings. The summed E-state index contributed by atoms with van der Waals surface area (Å²) in [7, 11) is 1.97. The molecule has 0 saturated carbocycles. The molecule has 1 atom stereocenters. The molecule has 2 heteroatoms. The van der Waals surface area contributed by atoms with Gasteiger partial charge >= 0.3 is 0 Å². The number of thioether (sulfide) groups is 1. The molecule has 1 aromatic carbocycles. The molecule has 80 valence electrons. The minimum atomic E-state index is 0.342. The summed E-state index contributed by atoms with van der Waals surface area (Å²) in [6.45, 7) is 6.29. The summed E-state index contributed by atoms with van der Waals surface area (Å²) >= 11 is 1.96. The van der Waals surface area contributed by atoms with E-state index in [1.165, 1.54) is 33.8 Å². The number of nitrogens with one attached hydrogen (secondary N) is 1. The number of hydrogen-bond donors (Lipinski definition) is 1. The van der Waals surface area contributed by atoms with Gasteiger partial charge in [-0.1, -0.05) is 18.7 Å².